The largest absolute Gasteiger partial charge is 0.378 e. The van der Waals surface area contributed by atoms with Gasteiger partial charge in [0.15, 0.2) is 0 Å². The van der Waals surface area contributed by atoms with Crippen molar-refractivity contribution in [2.75, 3.05) is 32.0 Å². The quantitative estimate of drug-likeness (QED) is 0.547. The van der Waals surface area contributed by atoms with Gasteiger partial charge in [0.2, 0.25) is 5.95 Å². The maximum Gasteiger partial charge on any atom is 0.220 e. The number of nitrogen functional groups attached to an aromatic ring is 1. The number of anilines is 1. The lowest BCUT2D eigenvalue weighted by Gasteiger charge is -2.30. The highest BCUT2D eigenvalue weighted by Gasteiger charge is 2.20. The number of fused-ring (bicyclic) bond motifs is 1. The molecule has 1 aliphatic heterocycles. The Morgan fingerprint density at radius 1 is 1.07 bits per heavy atom. The van der Waals surface area contributed by atoms with Crippen LogP contribution in [0, 0.1) is 0 Å². The van der Waals surface area contributed by atoms with Crippen LogP contribution in [0.5, 0.6) is 0 Å². The van der Waals surface area contributed by atoms with E-state index in [9.17, 15) is 0 Å². The second-order valence-electron chi connectivity index (χ2n) is 7.17. The summed E-state index contributed by atoms with van der Waals surface area (Å²) >= 11 is 0. The number of nitrogens with two attached hydrogens (primary N) is 1. The maximum absolute atomic E-state index is 5.74. The molecule has 7 nitrogen and oxygen atoms in total. The molecule has 4 aromatic rings. The Morgan fingerprint density at radius 3 is 2.70 bits per heavy atom. The van der Waals surface area contributed by atoms with Crippen LogP contribution in [0.25, 0.3) is 33.9 Å². The first-order valence-electron chi connectivity index (χ1n) is 9.95. The normalized spacial score (nSPS) is 14.9. The summed E-state index contributed by atoms with van der Waals surface area (Å²) < 4.78 is 5.56. The zero-order chi connectivity index (χ0) is 20.3. The molecule has 1 saturated heterocycles. The highest BCUT2D eigenvalue weighted by atomic mass is 16.5. The third-order valence-electron chi connectivity index (χ3n) is 5.23. The van der Waals surface area contributed by atoms with Crippen molar-refractivity contribution >= 4 is 28.6 Å². The van der Waals surface area contributed by atoms with Gasteiger partial charge in [-0.05, 0) is 29.8 Å². The molecule has 0 amide bonds. The second-order valence-corrected chi connectivity index (χ2v) is 7.17. The van der Waals surface area contributed by atoms with E-state index in [0.29, 0.717) is 13.2 Å². The van der Waals surface area contributed by atoms with Crippen LogP contribution in [-0.2, 0) is 4.74 Å². The van der Waals surface area contributed by atoms with Gasteiger partial charge in [0.25, 0.3) is 0 Å². The fourth-order valence-corrected chi connectivity index (χ4v) is 3.73. The van der Waals surface area contributed by atoms with Gasteiger partial charge >= 0.3 is 0 Å². The molecule has 0 unspecified atom stereocenters. The lowest BCUT2D eigenvalue weighted by Crippen LogP contribution is -2.35. The Bertz CT molecular complexity index is 1190. The SMILES string of the molecule is Nc1nccc(-c2ccc3c(C(=Cc4ccccc4)N4CCOCC4)n[nH]c3c2)n1. The summed E-state index contributed by atoms with van der Waals surface area (Å²) in [7, 11) is 0. The molecule has 5 rings (SSSR count). The van der Waals surface area contributed by atoms with Crippen LogP contribution in [0.4, 0.5) is 5.95 Å². The Balaban J connectivity index is 1.59. The van der Waals surface area contributed by atoms with Crippen LogP contribution >= 0.6 is 0 Å². The summed E-state index contributed by atoms with van der Waals surface area (Å²) in [5.41, 5.74) is 11.6. The fraction of sp³-hybridized carbons (Fsp3) is 0.174. The zero-order valence-corrected chi connectivity index (χ0v) is 16.5. The number of nitrogens with zero attached hydrogens (tertiary/aromatic N) is 4. The monoisotopic (exact) mass is 398 g/mol. The molecule has 30 heavy (non-hydrogen) atoms. The molecule has 0 atom stereocenters. The number of rotatable bonds is 4. The molecular weight excluding hydrogens is 376 g/mol. The van der Waals surface area contributed by atoms with Gasteiger partial charge in [0, 0.05) is 30.2 Å². The average molecular weight is 398 g/mol. The third kappa shape index (κ3) is 3.62. The first-order valence-corrected chi connectivity index (χ1v) is 9.95. The number of benzene rings is 2. The number of hydrogen-bond donors (Lipinski definition) is 2. The van der Waals surface area contributed by atoms with Crippen LogP contribution in [-0.4, -0.2) is 51.4 Å². The van der Waals surface area contributed by atoms with E-state index in [0.717, 1.165) is 52.2 Å². The van der Waals surface area contributed by atoms with E-state index in [2.05, 4.69) is 49.3 Å². The first kappa shape index (κ1) is 18.3. The summed E-state index contributed by atoms with van der Waals surface area (Å²) in [5.74, 6) is 0.262. The highest BCUT2D eigenvalue weighted by Crippen LogP contribution is 2.30. The maximum atomic E-state index is 5.74. The van der Waals surface area contributed by atoms with E-state index >= 15 is 0 Å². The molecule has 3 heterocycles. The smallest absolute Gasteiger partial charge is 0.220 e. The third-order valence-corrected chi connectivity index (χ3v) is 5.23. The Labute approximate surface area is 174 Å². The van der Waals surface area contributed by atoms with Crippen molar-refractivity contribution in [1.29, 1.82) is 0 Å². The number of aromatic nitrogens is 4. The first-order chi connectivity index (χ1) is 14.8. The summed E-state index contributed by atoms with van der Waals surface area (Å²) in [6, 6.07) is 18.4. The molecule has 2 aromatic heterocycles. The van der Waals surface area contributed by atoms with Crippen molar-refractivity contribution in [2.24, 2.45) is 0 Å². The van der Waals surface area contributed by atoms with E-state index in [1.165, 1.54) is 0 Å². The van der Waals surface area contributed by atoms with E-state index < -0.39 is 0 Å². The van der Waals surface area contributed by atoms with Gasteiger partial charge < -0.3 is 15.4 Å². The van der Waals surface area contributed by atoms with Gasteiger partial charge in [-0.25, -0.2) is 9.97 Å². The lowest BCUT2D eigenvalue weighted by molar-refractivity contribution is 0.0641. The van der Waals surface area contributed by atoms with Crippen LogP contribution < -0.4 is 5.73 Å². The van der Waals surface area contributed by atoms with Crippen molar-refractivity contribution in [2.45, 2.75) is 0 Å². The molecule has 0 bridgehead atoms. The average Bonchev–Trinajstić information content (AvgIpc) is 3.22. The van der Waals surface area contributed by atoms with E-state index in [4.69, 9.17) is 10.5 Å². The van der Waals surface area contributed by atoms with Crippen molar-refractivity contribution in [3.05, 3.63) is 72.1 Å². The molecule has 2 aromatic carbocycles. The van der Waals surface area contributed by atoms with Crippen LogP contribution in [0.15, 0.2) is 60.8 Å². The topological polar surface area (TPSA) is 93.0 Å². The number of aromatic amines is 1. The van der Waals surface area contributed by atoms with Crippen molar-refractivity contribution in [3.8, 4) is 11.3 Å². The van der Waals surface area contributed by atoms with E-state index in [1.54, 1.807) is 6.20 Å². The Morgan fingerprint density at radius 2 is 1.90 bits per heavy atom. The van der Waals surface area contributed by atoms with Crippen LogP contribution in [0.2, 0.25) is 0 Å². The molecule has 0 saturated carbocycles. The van der Waals surface area contributed by atoms with Gasteiger partial charge in [-0.15, -0.1) is 0 Å². The predicted molar refractivity (Wildman–Crippen MR) is 118 cm³/mol. The van der Waals surface area contributed by atoms with E-state index in [1.807, 2.05) is 36.4 Å². The number of hydrogen-bond acceptors (Lipinski definition) is 6. The van der Waals surface area contributed by atoms with Gasteiger partial charge in [0.1, 0.15) is 5.69 Å². The molecule has 0 spiro atoms. The van der Waals surface area contributed by atoms with Crippen LogP contribution in [0.3, 0.4) is 0 Å². The van der Waals surface area contributed by atoms with E-state index in [-0.39, 0.29) is 5.95 Å². The van der Waals surface area contributed by atoms with Crippen molar-refractivity contribution in [3.63, 3.8) is 0 Å². The second kappa shape index (κ2) is 7.96. The summed E-state index contributed by atoms with van der Waals surface area (Å²) in [6.45, 7) is 3.11. The standard InChI is InChI=1S/C23H22N6O/c24-23-25-9-8-19(26-23)17-6-7-18-20(15-17)27-28-22(18)21(29-10-12-30-13-11-29)14-16-4-2-1-3-5-16/h1-9,14-15H,10-13H2,(H,27,28)(H2,24,25,26). The molecule has 7 heteroatoms. The molecular formula is C23H22N6O. The lowest BCUT2D eigenvalue weighted by atomic mass is 10.1. The van der Waals surface area contributed by atoms with Gasteiger partial charge in [-0.2, -0.15) is 5.10 Å². The molecule has 1 fully saturated rings. The van der Waals surface area contributed by atoms with Gasteiger partial charge in [-0.1, -0.05) is 36.4 Å². The molecule has 1 aliphatic rings. The van der Waals surface area contributed by atoms with Gasteiger partial charge in [0.05, 0.1) is 30.1 Å². The summed E-state index contributed by atoms with van der Waals surface area (Å²) in [5, 5.41) is 8.95. The molecule has 150 valence electrons. The van der Waals surface area contributed by atoms with Crippen molar-refractivity contribution < 1.29 is 4.74 Å². The number of nitrogens with one attached hydrogen (secondary N) is 1. The zero-order valence-electron chi connectivity index (χ0n) is 16.5. The van der Waals surface area contributed by atoms with Gasteiger partial charge in [-0.3, -0.25) is 5.10 Å². The summed E-state index contributed by atoms with van der Waals surface area (Å²) in [4.78, 5) is 10.6. The number of morpholine rings is 1. The van der Waals surface area contributed by atoms with Crippen molar-refractivity contribution in [1.82, 2.24) is 25.1 Å². The molecule has 0 radical (unpaired) electrons. The predicted octanol–water partition coefficient (Wildman–Crippen LogP) is 3.43. The Hall–Kier alpha value is -3.71. The minimum absolute atomic E-state index is 0.262. The highest BCUT2D eigenvalue weighted by molar-refractivity contribution is 5.95. The minimum Gasteiger partial charge on any atom is -0.378 e. The Kier molecular flexibility index (Phi) is 4.86. The molecule has 0 aliphatic carbocycles. The van der Waals surface area contributed by atoms with Crippen LogP contribution in [0.1, 0.15) is 11.3 Å². The summed E-state index contributed by atoms with van der Waals surface area (Å²) in [6.07, 6.45) is 3.86. The number of ether oxygens (including phenoxy) is 1. The number of H-pyrrole nitrogens is 1. The fourth-order valence-electron chi connectivity index (χ4n) is 3.73. The molecule has 3 N–H and O–H groups in total. The minimum atomic E-state index is 0.262.